The minimum absolute atomic E-state index is 0.0831. The molecule has 7 heteroatoms. The number of nitrogens with zero attached hydrogens (tertiary/aromatic N) is 3. The molecule has 1 amide bonds. The molecule has 2 atom stereocenters. The molecule has 0 saturated heterocycles. The van der Waals surface area contributed by atoms with Crippen LogP contribution >= 0.6 is 11.3 Å². The van der Waals surface area contributed by atoms with Crippen LogP contribution < -0.4 is 10.5 Å². The number of amides is 1. The van der Waals surface area contributed by atoms with Gasteiger partial charge in [0.25, 0.3) is 0 Å². The van der Waals surface area contributed by atoms with Gasteiger partial charge in [-0.1, -0.05) is 24.3 Å². The molecular weight excluding hydrogens is 420 g/mol. The van der Waals surface area contributed by atoms with Gasteiger partial charge < -0.3 is 10.5 Å². The molecule has 2 N–H and O–H groups in total. The second kappa shape index (κ2) is 7.50. The van der Waals surface area contributed by atoms with Gasteiger partial charge in [-0.2, -0.15) is 5.26 Å². The number of thiophene rings is 1. The van der Waals surface area contributed by atoms with E-state index < -0.39 is 11.5 Å². The highest BCUT2D eigenvalue weighted by atomic mass is 32.1. The Morgan fingerprint density at radius 3 is 2.91 bits per heavy atom. The van der Waals surface area contributed by atoms with Gasteiger partial charge in [0.05, 0.1) is 24.2 Å². The van der Waals surface area contributed by atoms with Gasteiger partial charge in [-0.05, 0) is 58.8 Å². The molecule has 0 radical (unpaired) electrons. The summed E-state index contributed by atoms with van der Waals surface area (Å²) in [6.45, 7) is 2.64. The van der Waals surface area contributed by atoms with Gasteiger partial charge in [-0.3, -0.25) is 9.69 Å². The van der Waals surface area contributed by atoms with Crippen LogP contribution in [0, 0.1) is 11.3 Å². The third kappa shape index (κ3) is 3.15. The highest BCUT2D eigenvalue weighted by Crippen LogP contribution is 2.47. The number of ether oxygens (including phenoxy) is 1. The molecule has 160 valence electrons. The van der Waals surface area contributed by atoms with E-state index in [-0.39, 0.29) is 11.9 Å². The minimum Gasteiger partial charge on any atom is -0.493 e. The van der Waals surface area contributed by atoms with Crippen LogP contribution in [0.3, 0.4) is 0 Å². The topological polar surface area (TPSA) is 91.7 Å². The monoisotopic (exact) mass is 442 g/mol. The summed E-state index contributed by atoms with van der Waals surface area (Å²) in [4.78, 5) is 20.7. The summed E-state index contributed by atoms with van der Waals surface area (Å²) in [7, 11) is 1.66. The van der Waals surface area contributed by atoms with Gasteiger partial charge >= 0.3 is 0 Å². The number of carbonyl (C=O) groups is 1. The Morgan fingerprint density at radius 1 is 1.25 bits per heavy atom. The van der Waals surface area contributed by atoms with E-state index in [1.807, 2.05) is 42.6 Å². The van der Waals surface area contributed by atoms with Gasteiger partial charge in [0.2, 0.25) is 5.91 Å². The van der Waals surface area contributed by atoms with Crippen molar-refractivity contribution in [3.05, 3.63) is 75.5 Å². The zero-order valence-electron chi connectivity index (χ0n) is 17.8. The van der Waals surface area contributed by atoms with E-state index in [9.17, 15) is 10.1 Å². The quantitative estimate of drug-likeness (QED) is 0.663. The third-order valence-corrected chi connectivity index (χ3v) is 7.46. The molecule has 32 heavy (non-hydrogen) atoms. The van der Waals surface area contributed by atoms with E-state index in [1.54, 1.807) is 24.5 Å². The van der Waals surface area contributed by atoms with Crippen LogP contribution in [-0.2, 0) is 16.8 Å². The zero-order valence-corrected chi connectivity index (χ0v) is 18.6. The summed E-state index contributed by atoms with van der Waals surface area (Å²) < 4.78 is 5.65. The Hall–Kier alpha value is -3.63. The van der Waals surface area contributed by atoms with Crippen LogP contribution in [-0.4, -0.2) is 30.4 Å². The number of carbonyl (C=O) groups excluding carboxylic acids is 1. The molecule has 0 spiro atoms. The van der Waals surface area contributed by atoms with Crippen LogP contribution in [0.4, 0.5) is 0 Å². The average molecular weight is 443 g/mol. The molecule has 0 fully saturated rings. The molecule has 3 aromatic rings. The number of likely N-dealkylation sites (N-methyl/N-ethyl adjacent to an activating group) is 1. The molecule has 0 bridgehead atoms. The number of hydrogen-bond acceptors (Lipinski definition) is 6. The Balaban J connectivity index is 1.62. The Kier molecular flexibility index (Phi) is 4.75. The SMILES string of the molecule is CN1C(=O)[C@H](c2ccc3c(c2)CCO3)C(C)(c2cc(-c3cccc(C#N)c3)cs2)N=C1N. The Labute approximate surface area is 190 Å². The molecule has 2 aromatic carbocycles. The first-order valence-electron chi connectivity index (χ1n) is 10.4. The highest BCUT2D eigenvalue weighted by molar-refractivity contribution is 7.10. The molecule has 1 aromatic heterocycles. The van der Waals surface area contributed by atoms with Gasteiger partial charge in [-0.25, -0.2) is 4.99 Å². The van der Waals surface area contributed by atoms with Crippen molar-refractivity contribution >= 4 is 23.2 Å². The first kappa shape index (κ1) is 20.3. The predicted molar refractivity (Wildman–Crippen MR) is 125 cm³/mol. The van der Waals surface area contributed by atoms with Gasteiger partial charge in [0, 0.05) is 18.3 Å². The van der Waals surface area contributed by atoms with Crippen molar-refractivity contribution in [2.24, 2.45) is 10.7 Å². The van der Waals surface area contributed by atoms with Gasteiger partial charge in [-0.15, -0.1) is 11.3 Å². The second-order valence-corrected chi connectivity index (χ2v) is 9.22. The normalized spacial score (nSPS) is 22.2. The molecule has 5 rings (SSSR count). The molecule has 0 aliphatic carbocycles. The number of nitrogens with two attached hydrogens (primary N) is 1. The second-order valence-electron chi connectivity index (χ2n) is 8.31. The van der Waals surface area contributed by atoms with Gasteiger partial charge in [0.1, 0.15) is 11.3 Å². The lowest BCUT2D eigenvalue weighted by atomic mass is 9.77. The standard InChI is InChI=1S/C25H22N4O2S/c1-25(21-12-19(14-32-21)16-5-3-4-15(10-16)13-26)22(23(30)29(2)24(27)28-25)18-6-7-20-17(11-18)8-9-31-20/h3-7,10-12,14,22H,8-9H2,1-2H3,(H2,27,28)/t22-,25?/m0/s1. The number of hydrogen-bond donors (Lipinski definition) is 1. The van der Waals surface area contributed by atoms with Crippen LogP contribution in [0.1, 0.15) is 34.4 Å². The van der Waals surface area contributed by atoms with Crippen LogP contribution in [0.15, 0.2) is 58.9 Å². The van der Waals surface area contributed by atoms with Crippen LogP contribution in [0.5, 0.6) is 5.75 Å². The van der Waals surface area contributed by atoms with Gasteiger partial charge in [0.15, 0.2) is 5.96 Å². The molecule has 0 saturated carbocycles. The largest absolute Gasteiger partial charge is 0.493 e. The summed E-state index contributed by atoms with van der Waals surface area (Å²) in [6.07, 6.45) is 0.834. The fraction of sp³-hybridized carbons (Fsp3) is 0.240. The summed E-state index contributed by atoms with van der Waals surface area (Å²) in [5.74, 6) is 0.494. The molecule has 2 aliphatic rings. The predicted octanol–water partition coefficient (Wildman–Crippen LogP) is 4.01. The first-order chi connectivity index (χ1) is 15.4. The Bertz CT molecular complexity index is 1310. The van der Waals surface area contributed by atoms with Crippen molar-refractivity contribution in [2.45, 2.75) is 24.8 Å². The zero-order chi connectivity index (χ0) is 22.5. The maximum atomic E-state index is 13.5. The number of guanidine groups is 1. The maximum absolute atomic E-state index is 13.5. The molecule has 3 heterocycles. The highest BCUT2D eigenvalue weighted by Gasteiger charge is 2.48. The summed E-state index contributed by atoms with van der Waals surface area (Å²) >= 11 is 1.55. The fourth-order valence-corrected chi connectivity index (χ4v) is 5.55. The lowest BCUT2D eigenvalue weighted by molar-refractivity contribution is -0.130. The molecule has 1 unspecified atom stereocenters. The maximum Gasteiger partial charge on any atom is 0.239 e. The van der Waals surface area contributed by atoms with E-state index in [0.29, 0.717) is 12.2 Å². The lowest BCUT2D eigenvalue weighted by Crippen LogP contribution is -2.52. The molecule has 2 aliphatic heterocycles. The summed E-state index contributed by atoms with van der Waals surface area (Å²) in [6, 6.07) is 17.7. The van der Waals surface area contributed by atoms with Crippen molar-refractivity contribution in [3.63, 3.8) is 0 Å². The fourth-order valence-electron chi connectivity index (χ4n) is 4.50. The molecular formula is C25H22N4O2S. The summed E-state index contributed by atoms with van der Waals surface area (Å²) in [5.41, 5.74) is 9.90. The number of aliphatic imine (C=N–C) groups is 1. The van der Waals surface area contributed by atoms with E-state index in [2.05, 4.69) is 18.2 Å². The molecule has 6 nitrogen and oxygen atoms in total. The van der Waals surface area contributed by atoms with Crippen molar-refractivity contribution in [2.75, 3.05) is 13.7 Å². The van der Waals surface area contributed by atoms with E-state index in [1.165, 1.54) is 4.90 Å². The van der Waals surface area contributed by atoms with Crippen molar-refractivity contribution < 1.29 is 9.53 Å². The van der Waals surface area contributed by atoms with Crippen molar-refractivity contribution in [1.29, 1.82) is 5.26 Å². The number of benzene rings is 2. The average Bonchev–Trinajstić information content (AvgIpc) is 3.47. The minimum atomic E-state index is -0.850. The third-order valence-electron chi connectivity index (χ3n) is 6.30. The van der Waals surface area contributed by atoms with Crippen molar-refractivity contribution in [3.8, 4) is 22.9 Å². The summed E-state index contributed by atoms with van der Waals surface area (Å²) in [5, 5.41) is 11.3. The van der Waals surface area contributed by atoms with Crippen LogP contribution in [0.25, 0.3) is 11.1 Å². The number of nitriles is 1. The van der Waals surface area contributed by atoms with E-state index >= 15 is 0 Å². The number of rotatable bonds is 3. The smallest absolute Gasteiger partial charge is 0.239 e. The van der Waals surface area contributed by atoms with E-state index in [0.717, 1.165) is 39.3 Å². The Morgan fingerprint density at radius 2 is 2.09 bits per heavy atom. The van der Waals surface area contributed by atoms with Crippen LogP contribution in [0.2, 0.25) is 0 Å². The lowest BCUT2D eigenvalue weighted by Gasteiger charge is -2.40. The van der Waals surface area contributed by atoms with E-state index in [4.69, 9.17) is 15.5 Å². The van der Waals surface area contributed by atoms with Crippen molar-refractivity contribution in [1.82, 2.24) is 4.90 Å². The first-order valence-corrected chi connectivity index (χ1v) is 11.3. The number of fused-ring (bicyclic) bond motifs is 1.